The first-order valence-corrected chi connectivity index (χ1v) is 7.29. The Kier molecular flexibility index (Phi) is 18.7. The summed E-state index contributed by atoms with van der Waals surface area (Å²) in [5.41, 5.74) is 0. The van der Waals surface area contributed by atoms with E-state index in [1.54, 1.807) is 0 Å². The van der Waals surface area contributed by atoms with Crippen molar-refractivity contribution in [3.8, 4) is 0 Å². The van der Waals surface area contributed by atoms with E-state index in [1.807, 2.05) is 13.8 Å². The number of rotatable bonds is 10. The first kappa shape index (κ1) is 26.0. The summed E-state index contributed by atoms with van der Waals surface area (Å²) < 4.78 is 25.3. The molecule has 0 aliphatic rings. The third kappa shape index (κ3) is 16.2. The Morgan fingerprint density at radius 2 is 1.37 bits per heavy atom. The number of phosphoric ester groups is 1. The quantitative estimate of drug-likeness (QED) is 0.174. The molecule has 0 saturated carbocycles. The molecule has 0 radical (unpaired) electrons. The standard InChI is InChI=1S/C10H23O6P.2Na/c1-4-6-8-14-10(3,15-9-7-5-2)16-17(11,12)13;;/h4-9H2,1-3H3,(H2,11,12,13);;/q;2*+1/p-2. The molecule has 0 aliphatic carbocycles. The van der Waals surface area contributed by atoms with Gasteiger partial charge in [-0.2, -0.15) is 0 Å². The molecule has 0 aromatic carbocycles. The van der Waals surface area contributed by atoms with E-state index in [9.17, 15) is 14.4 Å². The van der Waals surface area contributed by atoms with Crippen LogP contribution in [-0.4, -0.2) is 19.2 Å². The molecule has 0 fully saturated rings. The Morgan fingerprint density at radius 1 is 1.00 bits per heavy atom. The maximum atomic E-state index is 10.6. The summed E-state index contributed by atoms with van der Waals surface area (Å²) in [5.74, 6) is -1.80. The largest absolute Gasteiger partial charge is 1.00 e. The number of hydrogen-bond donors (Lipinski definition) is 0. The fourth-order valence-electron chi connectivity index (χ4n) is 1.10. The number of hydrogen-bond acceptors (Lipinski definition) is 6. The fraction of sp³-hybridized carbons (Fsp3) is 1.00. The molecule has 0 atom stereocenters. The van der Waals surface area contributed by atoms with Crippen LogP contribution in [0.1, 0.15) is 46.5 Å². The van der Waals surface area contributed by atoms with Gasteiger partial charge in [-0.25, -0.2) is 0 Å². The molecule has 0 bridgehead atoms. The Labute approximate surface area is 159 Å². The van der Waals surface area contributed by atoms with Gasteiger partial charge in [-0.15, -0.1) is 0 Å². The topological polar surface area (TPSA) is 90.9 Å². The second-order valence-electron chi connectivity index (χ2n) is 3.80. The Balaban J connectivity index is -0.00000128. The van der Waals surface area contributed by atoms with Gasteiger partial charge in [-0.3, -0.25) is 4.52 Å². The van der Waals surface area contributed by atoms with E-state index in [1.165, 1.54) is 6.92 Å². The third-order valence-electron chi connectivity index (χ3n) is 2.00. The molecular formula is C10H21Na2O6P. The van der Waals surface area contributed by atoms with Crippen molar-refractivity contribution >= 4 is 7.82 Å². The molecule has 0 spiro atoms. The molecule has 9 heteroatoms. The summed E-state index contributed by atoms with van der Waals surface area (Å²) in [6.45, 7) is 5.77. The molecule has 0 saturated heterocycles. The summed E-state index contributed by atoms with van der Waals surface area (Å²) in [4.78, 5) is 21.2. The van der Waals surface area contributed by atoms with Crippen molar-refractivity contribution in [3.05, 3.63) is 0 Å². The number of unbranched alkanes of at least 4 members (excludes halogenated alkanes) is 2. The van der Waals surface area contributed by atoms with E-state index in [0.29, 0.717) is 0 Å². The second kappa shape index (κ2) is 13.7. The predicted molar refractivity (Wildman–Crippen MR) is 58.8 cm³/mol. The van der Waals surface area contributed by atoms with Gasteiger partial charge < -0.3 is 23.8 Å². The molecule has 6 nitrogen and oxygen atoms in total. The molecule has 0 aromatic heterocycles. The van der Waals surface area contributed by atoms with Crippen LogP contribution in [0.2, 0.25) is 0 Å². The van der Waals surface area contributed by atoms with Crippen LogP contribution in [0.4, 0.5) is 0 Å². The molecule has 19 heavy (non-hydrogen) atoms. The smallest absolute Gasteiger partial charge is 0.790 e. The monoisotopic (exact) mass is 314 g/mol. The van der Waals surface area contributed by atoms with E-state index < -0.39 is 13.8 Å². The zero-order valence-corrected chi connectivity index (χ0v) is 17.5. The predicted octanol–water partition coefficient (Wildman–Crippen LogP) is -4.85. The molecular weight excluding hydrogens is 293 g/mol. The van der Waals surface area contributed by atoms with Crippen LogP contribution in [0.5, 0.6) is 0 Å². The van der Waals surface area contributed by atoms with Crippen molar-refractivity contribution in [3.63, 3.8) is 0 Å². The van der Waals surface area contributed by atoms with Crippen LogP contribution in [0.3, 0.4) is 0 Å². The summed E-state index contributed by atoms with van der Waals surface area (Å²) in [5, 5.41) is 0. The molecule has 104 valence electrons. The van der Waals surface area contributed by atoms with Gasteiger partial charge in [0.15, 0.2) is 0 Å². The molecule has 0 rings (SSSR count). The Bertz CT molecular complexity index is 238. The number of ether oxygens (including phenoxy) is 2. The van der Waals surface area contributed by atoms with E-state index >= 15 is 0 Å². The van der Waals surface area contributed by atoms with Crippen molar-refractivity contribution in [1.82, 2.24) is 0 Å². The van der Waals surface area contributed by atoms with Gasteiger partial charge in [0, 0.05) is 6.92 Å². The second-order valence-corrected chi connectivity index (χ2v) is 4.88. The van der Waals surface area contributed by atoms with Crippen LogP contribution in [-0.2, 0) is 18.6 Å². The van der Waals surface area contributed by atoms with Gasteiger partial charge in [0.25, 0.3) is 5.97 Å². The van der Waals surface area contributed by atoms with Crippen molar-refractivity contribution in [2.75, 3.05) is 13.2 Å². The van der Waals surface area contributed by atoms with Crippen molar-refractivity contribution in [2.24, 2.45) is 0 Å². The molecule has 0 amide bonds. The van der Waals surface area contributed by atoms with Gasteiger partial charge in [0.2, 0.25) is 0 Å². The van der Waals surface area contributed by atoms with Crippen molar-refractivity contribution in [1.29, 1.82) is 0 Å². The number of phosphoric acid groups is 1. The molecule has 0 aliphatic heterocycles. The normalized spacial score (nSPS) is 11.6. The Morgan fingerprint density at radius 3 is 1.63 bits per heavy atom. The van der Waals surface area contributed by atoms with E-state index in [2.05, 4.69) is 4.52 Å². The third-order valence-corrected chi connectivity index (χ3v) is 2.56. The Hall–Kier alpha value is 2.03. The van der Waals surface area contributed by atoms with E-state index in [-0.39, 0.29) is 72.3 Å². The van der Waals surface area contributed by atoms with Crippen LogP contribution < -0.4 is 68.9 Å². The van der Waals surface area contributed by atoms with Gasteiger partial charge in [-0.05, 0) is 12.8 Å². The minimum absolute atomic E-state index is 0. The van der Waals surface area contributed by atoms with Gasteiger partial charge >= 0.3 is 59.1 Å². The maximum Gasteiger partial charge on any atom is 1.00 e. The van der Waals surface area contributed by atoms with E-state index in [0.717, 1.165) is 25.7 Å². The fourth-order valence-corrected chi connectivity index (χ4v) is 1.61. The molecule has 0 heterocycles. The average molecular weight is 314 g/mol. The first-order valence-electron chi connectivity index (χ1n) is 5.83. The van der Waals surface area contributed by atoms with Gasteiger partial charge in [0.1, 0.15) is 0 Å². The zero-order valence-electron chi connectivity index (χ0n) is 12.6. The zero-order chi connectivity index (χ0) is 13.4. The van der Waals surface area contributed by atoms with Gasteiger partial charge in [0.05, 0.1) is 21.0 Å². The van der Waals surface area contributed by atoms with Gasteiger partial charge in [-0.1, -0.05) is 26.7 Å². The summed E-state index contributed by atoms with van der Waals surface area (Å²) in [6.07, 6.45) is 3.24. The minimum atomic E-state index is -5.13. The molecule has 0 unspecified atom stereocenters. The molecule has 0 N–H and O–H groups in total. The van der Waals surface area contributed by atoms with Crippen LogP contribution in [0.15, 0.2) is 0 Å². The first-order chi connectivity index (χ1) is 7.83. The summed E-state index contributed by atoms with van der Waals surface area (Å²) in [6, 6.07) is 0. The van der Waals surface area contributed by atoms with Crippen LogP contribution >= 0.6 is 7.82 Å². The maximum absolute atomic E-state index is 10.6. The summed E-state index contributed by atoms with van der Waals surface area (Å²) >= 11 is 0. The average Bonchev–Trinajstić information content (AvgIpc) is 2.15. The molecule has 0 aromatic rings. The van der Waals surface area contributed by atoms with Crippen molar-refractivity contribution in [2.45, 2.75) is 52.4 Å². The summed E-state index contributed by atoms with van der Waals surface area (Å²) in [7, 11) is -5.13. The SMILES string of the molecule is CCCCOC(C)(OCCCC)OP(=O)([O-])[O-].[Na+].[Na+]. The van der Waals surface area contributed by atoms with Crippen LogP contribution in [0, 0.1) is 0 Å². The van der Waals surface area contributed by atoms with Crippen molar-refractivity contribution < 1.29 is 87.5 Å². The van der Waals surface area contributed by atoms with E-state index in [4.69, 9.17) is 9.47 Å². The van der Waals surface area contributed by atoms with Crippen LogP contribution in [0.25, 0.3) is 0 Å². The minimum Gasteiger partial charge on any atom is -0.790 e.